The number of anilines is 1. The number of aromatic nitrogens is 1. The number of hydrogen-bond donors (Lipinski definition) is 1. The fourth-order valence-corrected chi connectivity index (χ4v) is 4.07. The molecule has 0 fully saturated rings. The summed E-state index contributed by atoms with van der Waals surface area (Å²) in [5.41, 5.74) is 5.35. The van der Waals surface area contributed by atoms with Crippen LogP contribution in [0.4, 0.5) is 14.5 Å². The van der Waals surface area contributed by atoms with Gasteiger partial charge < -0.3 is 9.88 Å². The minimum Gasteiger partial charge on any atom is -0.336 e. The molecule has 4 rings (SSSR count). The van der Waals surface area contributed by atoms with E-state index in [1.807, 2.05) is 11.5 Å². The molecule has 1 aliphatic rings. The van der Waals surface area contributed by atoms with Gasteiger partial charge >= 0.3 is 0 Å². The van der Waals surface area contributed by atoms with Crippen molar-refractivity contribution >= 4 is 11.6 Å². The second-order valence-corrected chi connectivity index (χ2v) is 7.28. The van der Waals surface area contributed by atoms with E-state index < -0.39 is 5.82 Å². The van der Waals surface area contributed by atoms with Gasteiger partial charge in [0.25, 0.3) is 5.91 Å². The number of fused-ring (bicyclic) bond motifs is 1. The molecule has 3 aromatic rings. The first-order chi connectivity index (χ1) is 13.5. The van der Waals surface area contributed by atoms with Crippen molar-refractivity contribution in [1.82, 2.24) is 4.57 Å². The quantitative estimate of drug-likeness (QED) is 0.659. The Balaban J connectivity index is 1.73. The Morgan fingerprint density at radius 1 is 1.04 bits per heavy atom. The van der Waals surface area contributed by atoms with Crippen molar-refractivity contribution in [2.24, 2.45) is 0 Å². The monoisotopic (exact) mass is 380 g/mol. The van der Waals surface area contributed by atoms with Gasteiger partial charge in [0, 0.05) is 17.9 Å². The van der Waals surface area contributed by atoms with E-state index in [1.54, 1.807) is 24.3 Å². The Morgan fingerprint density at radius 3 is 2.54 bits per heavy atom. The largest absolute Gasteiger partial charge is 0.336 e. The van der Waals surface area contributed by atoms with Crippen molar-refractivity contribution in [3.8, 4) is 0 Å². The lowest BCUT2D eigenvalue weighted by Crippen LogP contribution is -2.20. The fourth-order valence-electron chi connectivity index (χ4n) is 4.07. The molecule has 0 saturated carbocycles. The van der Waals surface area contributed by atoms with E-state index in [4.69, 9.17) is 0 Å². The molecule has 3 nitrogen and oxygen atoms in total. The maximum atomic E-state index is 13.5. The van der Waals surface area contributed by atoms with Crippen molar-refractivity contribution in [3.63, 3.8) is 0 Å². The van der Waals surface area contributed by atoms with Crippen LogP contribution in [0, 0.1) is 18.6 Å². The number of nitrogens with zero attached hydrogens (tertiary/aromatic N) is 1. The highest BCUT2D eigenvalue weighted by molar-refractivity contribution is 6.04. The summed E-state index contributed by atoms with van der Waals surface area (Å²) in [5.74, 6) is -0.923. The molecule has 0 unspecified atom stereocenters. The third kappa shape index (κ3) is 3.57. The number of carbonyl (C=O) groups excluding carboxylic acids is 1. The number of amides is 1. The second-order valence-electron chi connectivity index (χ2n) is 7.28. The minimum absolute atomic E-state index is 0.250. The molecule has 0 spiro atoms. The van der Waals surface area contributed by atoms with Crippen molar-refractivity contribution < 1.29 is 13.6 Å². The highest BCUT2D eigenvalue weighted by atomic mass is 19.1. The molecule has 1 aromatic heterocycles. The lowest BCUT2D eigenvalue weighted by Gasteiger charge is -2.17. The topological polar surface area (TPSA) is 34.0 Å². The molecule has 5 heteroatoms. The van der Waals surface area contributed by atoms with Gasteiger partial charge in [0.2, 0.25) is 0 Å². The maximum Gasteiger partial charge on any atom is 0.272 e. The van der Waals surface area contributed by atoms with E-state index in [0.717, 1.165) is 36.8 Å². The normalized spacial score (nSPS) is 13.2. The van der Waals surface area contributed by atoms with Gasteiger partial charge in [-0.05, 0) is 79.6 Å². The number of halogens is 2. The summed E-state index contributed by atoms with van der Waals surface area (Å²) in [7, 11) is 0. The number of hydrogen-bond acceptors (Lipinski definition) is 1. The number of rotatable bonds is 4. The van der Waals surface area contributed by atoms with E-state index in [2.05, 4.69) is 5.32 Å². The highest BCUT2D eigenvalue weighted by Gasteiger charge is 2.26. The zero-order valence-corrected chi connectivity index (χ0v) is 15.8. The van der Waals surface area contributed by atoms with Crippen molar-refractivity contribution in [1.29, 1.82) is 0 Å². The third-order valence-electron chi connectivity index (χ3n) is 5.39. The lowest BCUT2D eigenvalue weighted by molar-refractivity contribution is 0.101. The molecule has 0 atom stereocenters. The summed E-state index contributed by atoms with van der Waals surface area (Å²) in [5, 5.41) is 2.82. The molecular weight excluding hydrogens is 358 g/mol. The standard InChI is InChI=1S/C23H22F2N2O/c1-15-20-7-2-3-8-21(20)27(14-16-9-11-17(24)12-10-16)22(15)23(28)26-19-6-4-5-18(25)13-19/h4-6,9-13H,2-3,7-8,14H2,1H3,(H,26,28). The first-order valence-corrected chi connectivity index (χ1v) is 9.55. The fraction of sp³-hybridized carbons (Fsp3) is 0.261. The van der Waals surface area contributed by atoms with Crippen LogP contribution in [0.1, 0.15) is 45.7 Å². The Hall–Kier alpha value is -2.95. The van der Waals surface area contributed by atoms with Crippen molar-refractivity contribution in [2.45, 2.75) is 39.2 Å². The number of benzene rings is 2. The first-order valence-electron chi connectivity index (χ1n) is 9.55. The van der Waals surface area contributed by atoms with Gasteiger partial charge in [0.15, 0.2) is 0 Å². The summed E-state index contributed by atoms with van der Waals surface area (Å²) in [6, 6.07) is 12.2. The minimum atomic E-state index is -0.393. The van der Waals surface area contributed by atoms with Gasteiger partial charge in [0.05, 0.1) is 0 Å². The van der Waals surface area contributed by atoms with Gasteiger partial charge in [-0.3, -0.25) is 4.79 Å². The van der Waals surface area contributed by atoms with Crippen LogP contribution in [0.2, 0.25) is 0 Å². The highest BCUT2D eigenvalue weighted by Crippen LogP contribution is 2.31. The van der Waals surface area contributed by atoms with Crippen LogP contribution in [0.5, 0.6) is 0 Å². The van der Waals surface area contributed by atoms with Gasteiger partial charge in [-0.2, -0.15) is 0 Å². The Kier molecular flexibility index (Phi) is 4.99. The van der Waals surface area contributed by atoms with Crippen molar-refractivity contribution in [3.05, 3.63) is 88.2 Å². The van der Waals surface area contributed by atoms with Crippen molar-refractivity contribution in [2.75, 3.05) is 5.32 Å². The summed E-state index contributed by atoms with van der Waals surface area (Å²) in [4.78, 5) is 13.1. The lowest BCUT2D eigenvalue weighted by atomic mass is 9.95. The SMILES string of the molecule is Cc1c2c(n(Cc3ccc(F)cc3)c1C(=O)Nc1cccc(F)c1)CCCC2. The molecule has 0 bridgehead atoms. The van der Waals surface area contributed by atoms with Crippen LogP contribution in [-0.2, 0) is 19.4 Å². The van der Waals surface area contributed by atoms with Gasteiger partial charge in [-0.15, -0.1) is 0 Å². The average molecular weight is 380 g/mol. The van der Waals surface area contributed by atoms with Crippen LogP contribution in [-0.4, -0.2) is 10.5 Å². The zero-order valence-electron chi connectivity index (χ0n) is 15.8. The Morgan fingerprint density at radius 2 is 1.79 bits per heavy atom. The summed E-state index contributed by atoms with van der Waals surface area (Å²) >= 11 is 0. The molecule has 1 N–H and O–H groups in total. The van der Waals surface area contributed by atoms with Gasteiger partial charge in [-0.1, -0.05) is 18.2 Å². The summed E-state index contributed by atoms with van der Waals surface area (Å²) in [6.45, 7) is 2.48. The van der Waals surface area contributed by atoms with E-state index in [9.17, 15) is 13.6 Å². The number of nitrogens with one attached hydrogen (secondary N) is 1. The molecule has 28 heavy (non-hydrogen) atoms. The Labute approximate surface area is 163 Å². The van der Waals surface area contributed by atoms with E-state index >= 15 is 0 Å². The van der Waals surface area contributed by atoms with Gasteiger partial charge in [-0.25, -0.2) is 8.78 Å². The molecule has 1 aliphatic carbocycles. The molecule has 0 saturated heterocycles. The third-order valence-corrected chi connectivity index (χ3v) is 5.39. The molecule has 2 aromatic carbocycles. The average Bonchev–Trinajstić information content (AvgIpc) is 2.96. The number of carbonyl (C=O) groups is 1. The predicted molar refractivity (Wildman–Crippen MR) is 106 cm³/mol. The smallest absolute Gasteiger partial charge is 0.272 e. The summed E-state index contributed by atoms with van der Waals surface area (Å²) < 4.78 is 28.8. The van der Waals surface area contributed by atoms with Crippen LogP contribution in [0.15, 0.2) is 48.5 Å². The zero-order chi connectivity index (χ0) is 19.7. The summed E-state index contributed by atoms with van der Waals surface area (Å²) in [6.07, 6.45) is 4.08. The van der Waals surface area contributed by atoms with Crippen LogP contribution in [0.25, 0.3) is 0 Å². The van der Waals surface area contributed by atoms with Crippen LogP contribution in [0.3, 0.4) is 0 Å². The van der Waals surface area contributed by atoms with E-state index in [-0.39, 0.29) is 11.7 Å². The molecular formula is C23H22F2N2O. The molecule has 144 valence electrons. The predicted octanol–water partition coefficient (Wildman–Crippen LogP) is 5.25. The van der Waals surface area contributed by atoms with E-state index in [1.165, 1.54) is 35.5 Å². The van der Waals surface area contributed by atoms with Crippen LogP contribution < -0.4 is 5.32 Å². The second kappa shape index (κ2) is 7.58. The van der Waals surface area contributed by atoms with Crippen LogP contribution >= 0.6 is 0 Å². The van der Waals surface area contributed by atoms with E-state index in [0.29, 0.717) is 17.9 Å². The molecule has 1 heterocycles. The molecule has 0 aliphatic heterocycles. The Bertz CT molecular complexity index is 1020. The first kappa shape index (κ1) is 18.4. The molecule has 1 amide bonds. The molecule has 0 radical (unpaired) electrons. The van der Waals surface area contributed by atoms with Gasteiger partial charge in [0.1, 0.15) is 17.3 Å². The maximum absolute atomic E-state index is 13.5.